The van der Waals surface area contributed by atoms with Crippen molar-refractivity contribution in [3.05, 3.63) is 81.9 Å². The number of carbonyl (C=O) groups excluding carboxylic acids is 1. The summed E-state index contributed by atoms with van der Waals surface area (Å²) in [5.41, 5.74) is 3.07. The van der Waals surface area contributed by atoms with Gasteiger partial charge in [0.2, 0.25) is 0 Å². The number of anilines is 1. The van der Waals surface area contributed by atoms with E-state index < -0.39 is 17.5 Å². The Kier molecular flexibility index (Phi) is 4.68. The summed E-state index contributed by atoms with van der Waals surface area (Å²) in [6.07, 6.45) is 0. The van der Waals surface area contributed by atoms with Crippen LogP contribution in [-0.4, -0.2) is 15.7 Å². The highest BCUT2D eigenvalue weighted by Crippen LogP contribution is 2.29. The van der Waals surface area contributed by atoms with Crippen molar-refractivity contribution in [3.8, 4) is 0 Å². The third-order valence-corrected chi connectivity index (χ3v) is 5.61. The van der Waals surface area contributed by atoms with Gasteiger partial charge in [0.05, 0.1) is 22.8 Å². The van der Waals surface area contributed by atoms with Gasteiger partial charge in [0.15, 0.2) is 0 Å². The number of carbonyl (C=O) groups is 1. The Morgan fingerprint density at radius 2 is 1.86 bits per heavy atom. The number of nitrogens with zero attached hydrogens (tertiary/aromatic N) is 2. The average molecular weight is 397 g/mol. The lowest BCUT2D eigenvalue weighted by atomic mass is 10.1. The molecule has 0 spiro atoms. The third kappa shape index (κ3) is 3.53. The highest BCUT2D eigenvalue weighted by molar-refractivity contribution is 7.20. The normalized spacial score (nSPS) is 11.1. The van der Waals surface area contributed by atoms with Crippen molar-refractivity contribution < 1.29 is 13.6 Å². The van der Waals surface area contributed by atoms with Gasteiger partial charge in [0.1, 0.15) is 16.5 Å². The number of fused-ring (bicyclic) bond motifs is 1. The summed E-state index contributed by atoms with van der Waals surface area (Å²) < 4.78 is 28.7. The SMILES string of the molecule is Cc1ccc(Cn2nc(C)c3cc(C(=O)Nc4ccc(F)cc4F)sc32)cc1. The molecule has 4 nitrogen and oxygen atoms in total. The first-order valence-corrected chi connectivity index (χ1v) is 9.51. The lowest BCUT2D eigenvalue weighted by molar-refractivity contribution is 0.103. The molecule has 2 aromatic heterocycles. The maximum atomic E-state index is 13.8. The van der Waals surface area contributed by atoms with Gasteiger partial charge in [0.25, 0.3) is 5.91 Å². The highest BCUT2D eigenvalue weighted by Gasteiger charge is 2.18. The van der Waals surface area contributed by atoms with E-state index in [1.165, 1.54) is 23.0 Å². The van der Waals surface area contributed by atoms with E-state index in [0.29, 0.717) is 11.4 Å². The summed E-state index contributed by atoms with van der Waals surface area (Å²) in [5.74, 6) is -1.94. The smallest absolute Gasteiger partial charge is 0.265 e. The molecule has 0 fully saturated rings. The van der Waals surface area contributed by atoms with Crippen molar-refractivity contribution in [2.75, 3.05) is 5.32 Å². The zero-order valence-corrected chi connectivity index (χ0v) is 16.1. The minimum Gasteiger partial charge on any atom is -0.319 e. The minimum atomic E-state index is -0.809. The number of hydrogen-bond acceptors (Lipinski definition) is 3. The molecule has 7 heteroatoms. The second-order valence-electron chi connectivity index (χ2n) is 6.64. The Hall–Kier alpha value is -3.06. The fraction of sp³-hybridized carbons (Fsp3) is 0.143. The Balaban J connectivity index is 1.62. The quantitative estimate of drug-likeness (QED) is 0.508. The van der Waals surface area contributed by atoms with Crippen LogP contribution < -0.4 is 5.32 Å². The molecule has 2 aromatic carbocycles. The molecule has 0 aliphatic carbocycles. The zero-order valence-electron chi connectivity index (χ0n) is 15.3. The molecule has 0 atom stereocenters. The van der Waals surface area contributed by atoms with Gasteiger partial charge in [-0.15, -0.1) is 11.3 Å². The van der Waals surface area contributed by atoms with Gasteiger partial charge in [-0.25, -0.2) is 8.78 Å². The number of thiophene rings is 1. The van der Waals surface area contributed by atoms with Gasteiger partial charge in [-0.1, -0.05) is 29.8 Å². The molecule has 142 valence electrons. The number of hydrogen-bond donors (Lipinski definition) is 1. The van der Waals surface area contributed by atoms with Crippen LogP contribution in [-0.2, 0) is 6.54 Å². The van der Waals surface area contributed by atoms with E-state index in [1.807, 2.05) is 30.7 Å². The van der Waals surface area contributed by atoms with Crippen LogP contribution >= 0.6 is 11.3 Å². The number of benzene rings is 2. The Bertz CT molecular complexity index is 1180. The minimum absolute atomic E-state index is 0.0538. The molecule has 0 unspecified atom stereocenters. The third-order valence-electron chi connectivity index (χ3n) is 4.46. The molecule has 0 bridgehead atoms. The summed E-state index contributed by atoms with van der Waals surface area (Å²) in [6.45, 7) is 4.52. The van der Waals surface area contributed by atoms with Crippen LogP contribution in [0.5, 0.6) is 0 Å². The second kappa shape index (κ2) is 7.16. The van der Waals surface area contributed by atoms with Crippen molar-refractivity contribution in [2.24, 2.45) is 0 Å². The lowest BCUT2D eigenvalue weighted by Crippen LogP contribution is -2.11. The van der Waals surface area contributed by atoms with Crippen molar-refractivity contribution in [1.82, 2.24) is 9.78 Å². The predicted octanol–water partition coefficient (Wildman–Crippen LogP) is 5.29. The first-order chi connectivity index (χ1) is 13.4. The van der Waals surface area contributed by atoms with E-state index in [2.05, 4.69) is 22.5 Å². The molecule has 0 saturated heterocycles. The van der Waals surface area contributed by atoms with E-state index in [9.17, 15) is 13.6 Å². The Morgan fingerprint density at radius 3 is 2.57 bits per heavy atom. The van der Waals surface area contributed by atoms with Crippen LogP contribution in [0.3, 0.4) is 0 Å². The number of halogens is 2. The summed E-state index contributed by atoms with van der Waals surface area (Å²) in [6, 6.07) is 13.0. The molecule has 0 radical (unpaired) electrons. The molecule has 0 aliphatic heterocycles. The van der Waals surface area contributed by atoms with E-state index in [4.69, 9.17) is 0 Å². The first kappa shape index (κ1) is 18.3. The van der Waals surface area contributed by atoms with Crippen LogP contribution in [0.4, 0.5) is 14.5 Å². The molecule has 0 aliphatic rings. The van der Waals surface area contributed by atoms with E-state index in [-0.39, 0.29) is 5.69 Å². The van der Waals surface area contributed by atoms with Gasteiger partial charge in [0, 0.05) is 11.5 Å². The van der Waals surface area contributed by atoms with Crippen LogP contribution in [0, 0.1) is 25.5 Å². The molecular formula is C21H17F2N3OS. The maximum absolute atomic E-state index is 13.8. The predicted molar refractivity (Wildman–Crippen MR) is 107 cm³/mol. The highest BCUT2D eigenvalue weighted by atomic mass is 32.1. The number of rotatable bonds is 4. The molecule has 28 heavy (non-hydrogen) atoms. The van der Waals surface area contributed by atoms with Crippen LogP contribution in [0.2, 0.25) is 0 Å². The van der Waals surface area contributed by atoms with Gasteiger partial charge in [-0.2, -0.15) is 5.10 Å². The summed E-state index contributed by atoms with van der Waals surface area (Å²) in [4.78, 5) is 13.9. The summed E-state index contributed by atoms with van der Waals surface area (Å²) in [7, 11) is 0. The van der Waals surface area contributed by atoms with E-state index >= 15 is 0 Å². The van der Waals surface area contributed by atoms with Gasteiger partial charge >= 0.3 is 0 Å². The average Bonchev–Trinajstić information content (AvgIpc) is 3.21. The Labute approximate surface area is 164 Å². The van der Waals surface area contributed by atoms with Crippen LogP contribution in [0.1, 0.15) is 26.5 Å². The van der Waals surface area contributed by atoms with Gasteiger partial charge < -0.3 is 5.32 Å². The fourth-order valence-electron chi connectivity index (χ4n) is 2.97. The van der Waals surface area contributed by atoms with E-state index in [0.717, 1.165) is 33.6 Å². The number of aromatic nitrogens is 2. The van der Waals surface area contributed by atoms with Crippen molar-refractivity contribution in [1.29, 1.82) is 0 Å². The molecule has 1 amide bonds. The zero-order chi connectivity index (χ0) is 19.8. The second-order valence-corrected chi connectivity index (χ2v) is 7.67. The van der Waals surface area contributed by atoms with E-state index in [1.54, 1.807) is 6.07 Å². The monoisotopic (exact) mass is 397 g/mol. The first-order valence-electron chi connectivity index (χ1n) is 8.69. The number of aryl methyl sites for hydroxylation is 2. The topological polar surface area (TPSA) is 46.9 Å². The molecular weight excluding hydrogens is 380 g/mol. The fourth-order valence-corrected chi connectivity index (χ4v) is 4.03. The largest absolute Gasteiger partial charge is 0.319 e. The molecule has 4 aromatic rings. The lowest BCUT2D eigenvalue weighted by Gasteiger charge is -2.05. The number of nitrogens with one attached hydrogen (secondary N) is 1. The molecule has 4 rings (SSSR count). The Morgan fingerprint density at radius 1 is 1.11 bits per heavy atom. The van der Waals surface area contributed by atoms with Crippen molar-refractivity contribution in [3.63, 3.8) is 0 Å². The van der Waals surface area contributed by atoms with Gasteiger partial charge in [-0.3, -0.25) is 9.48 Å². The summed E-state index contributed by atoms with van der Waals surface area (Å²) in [5, 5.41) is 7.96. The van der Waals surface area contributed by atoms with Crippen LogP contribution in [0.25, 0.3) is 10.2 Å². The van der Waals surface area contributed by atoms with Crippen molar-refractivity contribution >= 4 is 33.1 Å². The van der Waals surface area contributed by atoms with Crippen LogP contribution in [0.15, 0.2) is 48.5 Å². The maximum Gasteiger partial charge on any atom is 0.265 e. The standard InChI is InChI=1S/C21H17F2N3OS/c1-12-3-5-14(6-4-12)11-26-21-16(13(2)25-26)10-19(28-21)20(27)24-18-8-7-15(22)9-17(18)23/h3-10H,11H2,1-2H3,(H,24,27). The molecule has 0 saturated carbocycles. The van der Waals surface area contributed by atoms with Crippen molar-refractivity contribution in [2.45, 2.75) is 20.4 Å². The molecule has 1 N–H and O–H groups in total. The molecule has 2 heterocycles. The summed E-state index contributed by atoms with van der Waals surface area (Å²) >= 11 is 1.30. The van der Waals surface area contributed by atoms with Gasteiger partial charge in [-0.05, 0) is 37.6 Å². The number of amides is 1.